The van der Waals surface area contributed by atoms with Crippen molar-refractivity contribution in [1.29, 1.82) is 0 Å². The quantitative estimate of drug-likeness (QED) is 0.374. The first-order valence-corrected chi connectivity index (χ1v) is 11.6. The fourth-order valence-corrected chi connectivity index (χ4v) is 4.79. The average Bonchev–Trinajstić information content (AvgIpc) is 3.16. The van der Waals surface area contributed by atoms with Crippen LogP contribution >= 0.6 is 0 Å². The lowest BCUT2D eigenvalue weighted by Crippen LogP contribution is -2.29. The van der Waals surface area contributed by atoms with Crippen LogP contribution in [-0.2, 0) is 6.54 Å². The highest BCUT2D eigenvalue weighted by atomic mass is 16.5. The maximum absolute atomic E-state index is 13.9. The van der Waals surface area contributed by atoms with E-state index in [1.165, 1.54) is 21.3 Å². The van der Waals surface area contributed by atoms with Crippen LogP contribution in [0.25, 0.3) is 11.0 Å². The van der Waals surface area contributed by atoms with Crippen LogP contribution in [0.2, 0.25) is 0 Å². The number of hydrogen-bond acceptors (Lipinski definition) is 6. The Hall–Kier alpha value is -4.26. The van der Waals surface area contributed by atoms with Crippen LogP contribution in [0.15, 0.2) is 63.8 Å². The van der Waals surface area contributed by atoms with Gasteiger partial charge in [-0.3, -0.25) is 9.59 Å². The molecule has 184 valence electrons. The molecule has 2 heterocycles. The van der Waals surface area contributed by atoms with Crippen molar-refractivity contribution in [3.8, 4) is 17.2 Å². The molecule has 0 bridgehead atoms. The van der Waals surface area contributed by atoms with Crippen molar-refractivity contribution >= 4 is 16.9 Å². The summed E-state index contributed by atoms with van der Waals surface area (Å²) >= 11 is 0. The van der Waals surface area contributed by atoms with E-state index in [9.17, 15) is 9.59 Å². The zero-order valence-electron chi connectivity index (χ0n) is 20.9. The summed E-state index contributed by atoms with van der Waals surface area (Å²) in [5, 5.41) is 0.441. The Morgan fingerprint density at radius 1 is 0.833 bits per heavy atom. The number of rotatable bonds is 6. The van der Waals surface area contributed by atoms with Gasteiger partial charge in [0, 0.05) is 6.54 Å². The Balaban J connectivity index is 1.76. The Morgan fingerprint density at radius 2 is 1.47 bits per heavy atom. The molecule has 0 saturated heterocycles. The lowest BCUT2D eigenvalue weighted by molar-refractivity contribution is 0.0714. The van der Waals surface area contributed by atoms with Gasteiger partial charge >= 0.3 is 0 Å². The van der Waals surface area contributed by atoms with Crippen LogP contribution in [0.5, 0.6) is 17.2 Å². The van der Waals surface area contributed by atoms with Crippen LogP contribution in [0, 0.1) is 13.8 Å². The van der Waals surface area contributed by atoms with E-state index in [0.29, 0.717) is 45.9 Å². The SMILES string of the molecule is COc1cc(C2c3c(oc4ccc(C)cc4c3=O)C(=O)N2Cc2ccc(C)cc2)cc(OC)c1OC. The zero-order chi connectivity index (χ0) is 25.6. The number of hydrogen-bond donors (Lipinski definition) is 0. The first kappa shape index (κ1) is 23.5. The number of amides is 1. The molecule has 1 amide bonds. The minimum atomic E-state index is -0.705. The number of ether oxygens (including phenoxy) is 3. The number of carbonyl (C=O) groups is 1. The van der Waals surface area contributed by atoms with Crippen molar-refractivity contribution in [2.24, 2.45) is 0 Å². The van der Waals surface area contributed by atoms with Crippen molar-refractivity contribution in [3.63, 3.8) is 0 Å². The van der Waals surface area contributed by atoms with Gasteiger partial charge in [0.05, 0.1) is 38.3 Å². The Morgan fingerprint density at radius 3 is 2.08 bits per heavy atom. The molecule has 7 nitrogen and oxygen atoms in total. The summed E-state index contributed by atoms with van der Waals surface area (Å²) in [4.78, 5) is 29.3. The van der Waals surface area contributed by atoms with E-state index in [1.54, 1.807) is 29.2 Å². The lowest BCUT2D eigenvalue weighted by Gasteiger charge is -2.26. The summed E-state index contributed by atoms with van der Waals surface area (Å²) in [6.07, 6.45) is 0. The van der Waals surface area contributed by atoms with Crippen molar-refractivity contribution in [3.05, 3.63) is 98.4 Å². The Bertz CT molecular complexity index is 1510. The molecule has 0 radical (unpaired) electrons. The minimum absolute atomic E-state index is 0.0576. The van der Waals surface area contributed by atoms with Gasteiger partial charge in [0.2, 0.25) is 11.5 Å². The molecule has 0 saturated carbocycles. The molecular weight excluding hydrogens is 458 g/mol. The van der Waals surface area contributed by atoms with E-state index in [4.69, 9.17) is 18.6 Å². The van der Waals surface area contributed by atoms with E-state index in [-0.39, 0.29) is 17.1 Å². The van der Waals surface area contributed by atoms with E-state index < -0.39 is 6.04 Å². The summed E-state index contributed by atoms with van der Waals surface area (Å²) in [5.41, 5.74) is 4.11. The Labute approximate surface area is 208 Å². The molecule has 0 aliphatic carbocycles. The molecule has 1 aliphatic heterocycles. The second-order valence-electron chi connectivity index (χ2n) is 8.95. The standard InChI is InChI=1S/C29H27NO6/c1-16-6-9-18(10-7-16)15-30-25(19-13-22(33-3)27(35-5)23(14-19)34-4)24-26(31)20-12-17(2)8-11-21(20)36-28(24)29(30)32/h6-14,25H,15H2,1-5H3. The molecule has 36 heavy (non-hydrogen) atoms. The smallest absolute Gasteiger partial charge is 0.291 e. The number of nitrogens with zero attached hydrogens (tertiary/aromatic N) is 1. The molecule has 3 aromatic carbocycles. The number of benzene rings is 3. The molecule has 5 rings (SSSR count). The second-order valence-corrected chi connectivity index (χ2v) is 8.95. The minimum Gasteiger partial charge on any atom is -0.493 e. The van der Waals surface area contributed by atoms with Gasteiger partial charge in [0.25, 0.3) is 5.91 Å². The first-order valence-electron chi connectivity index (χ1n) is 11.6. The van der Waals surface area contributed by atoms with Gasteiger partial charge in [-0.25, -0.2) is 0 Å². The van der Waals surface area contributed by atoms with Crippen molar-refractivity contribution in [2.45, 2.75) is 26.4 Å². The number of carbonyl (C=O) groups excluding carboxylic acids is 1. The normalized spacial score (nSPS) is 14.8. The zero-order valence-corrected chi connectivity index (χ0v) is 20.9. The third kappa shape index (κ3) is 3.77. The van der Waals surface area contributed by atoms with E-state index in [1.807, 2.05) is 44.2 Å². The summed E-state index contributed by atoms with van der Waals surface area (Å²) in [7, 11) is 4.59. The molecular formula is C29H27NO6. The molecule has 1 atom stereocenters. The third-order valence-electron chi connectivity index (χ3n) is 6.60. The third-order valence-corrected chi connectivity index (χ3v) is 6.60. The summed E-state index contributed by atoms with van der Waals surface area (Å²) in [5.74, 6) is 1.01. The summed E-state index contributed by atoms with van der Waals surface area (Å²) in [6.45, 7) is 4.21. The predicted molar refractivity (Wildman–Crippen MR) is 136 cm³/mol. The maximum Gasteiger partial charge on any atom is 0.291 e. The molecule has 7 heteroatoms. The van der Waals surface area contributed by atoms with Crippen molar-refractivity contribution in [1.82, 2.24) is 4.90 Å². The molecule has 1 aliphatic rings. The fourth-order valence-electron chi connectivity index (χ4n) is 4.79. The highest BCUT2D eigenvalue weighted by molar-refractivity contribution is 5.99. The van der Waals surface area contributed by atoms with Crippen LogP contribution < -0.4 is 19.6 Å². The van der Waals surface area contributed by atoms with Gasteiger partial charge in [-0.2, -0.15) is 0 Å². The maximum atomic E-state index is 13.9. The average molecular weight is 486 g/mol. The van der Waals surface area contributed by atoms with E-state index in [2.05, 4.69) is 0 Å². The monoisotopic (exact) mass is 485 g/mol. The summed E-state index contributed by atoms with van der Waals surface area (Å²) < 4.78 is 22.7. The Kier molecular flexibility index (Phi) is 5.92. The van der Waals surface area contributed by atoms with Gasteiger partial charge < -0.3 is 23.5 Å². The highest BCUT2D eigenvalue weighted by Gasteiger charge is 2.43. The van der Waals surface area contributed by atoms with Gasteiger partial charge in [-0.15, -0.1) is 0 Å². The van der Waals surface area contributed by atoms with E-state index in [0.717, 1.165) is 16.7 Å². The number of aryl methyl sites for hydroxylation is 2. The first-order chi connectivity index (χ1) is 17.4. The largest absolute Gasteiger partial charge is 0.493 e. The van der Waals surface area contributed by atoms with Crippen LogP contribution in [-0.4, -0.2) is 32.1 Å². The molecule has 0 N–H and O–H groups in total. The van der Waals surface area contributed by atoms with Crippen LogP contribution in [0.3, 0.4) is 0 Å². The van der Waals surface area contributed by atoms with Gasteiger partial charge in [0.1, 0.15) is 5.58 Å². The number of methoxy groups -OCH3 is 3. The lowest BCUT2D eigenvalue weighted by atomic mass is 9.97. The fraction of sp³-hybridized carbons (Fsp3) is 0.241. The van der Waals surface area contributed by atoms with Crippen molar-refractivity contribution < 1.29 is 23.4 Å². The number of fused-ring (bicyclic) bond motifs is 2. The molecule has 1 unspecified atom stereocenters. The van der Waals surface area contributed by atoms with Crippen LogP contribution in [0.1, 0.15) is 44.4 Å². The van der Waals surface area contributed by atoms with Crippen molar-refractivity contribution in [2.75, 3.05) is 21.3 Å². The predicted octanol–water partition coefficient (Wildman–Crippen LogP) is 5.18. The van der Waals surface area contributed by atoms with Gasteiger partial charge in [-0.1, -0.05) is 41.5 Å². The van der Waals surface area contributed by atoms with Crippen LogP contribution in [0.4, 0.5) is 0 Å². The summed E-state index contributed by atoms with van der Waals surface area (Å²) in [6, 6.07) is 16.2. The molecule has 0 fully saturated rings. The van der Waals surface area contributed by atoms with Gasteiger partial charge in [0.15, 0.2) is 16.9 Å². The van der Waals surface area contributed by atoms with E-state index >= 15 is 0 Å². The highest BCUT2D eigenvalue weighted by Crippen LogP contribution is 2.45. The molecule has 0 spiro atoms. The topological polar surface area (TPSA) is 78.2 Å². The molecule has 1 aromatic heterocycles. The van der Waals surface area contributed by atoms with Gasteiger partial charge in [-0.05, 0) is 49.2 Å². The second kappa shape index (κ2) is 9.07. The molecule has 4 aromatic rings.